The van der Waals surface area contributed by atoms with E-state index in [0.717, 1.165) is 29.8 Å². The van der Waals surface area contributed by atoms with Crippen LogP contribution in [-0.4, -0.2) is 15.9 Å². The van der Waals surface area contributed by atoms with Crippen LogP contribution in [0.5, 0.6) is 0 Å². The summed E-state index contributed by atoms with van der Waals surface area (Å²) in [5, 5.41) is 2.91. The lowest BCUT2D eigenvalue weighted by Gasteiger charge is -2.05. The maximum atomic E-state index is 11.6. The highest BCUT2D eigenvalue weighted by atomic mass is 16.2. The molecule has 1 N–H and O–H groups in total. The SMILES string of the molecule is O=C(NCc1cc(-c2ccccc2)ncn1)C1CC1. The highest BCUT2D eigenvalue weighted by molar-refractivity contribution is 5.80. The zero-order valence-corrected chi connectivity index (χ0v) is 10.5. The van der Waals surface area contributed by atoms with E-state index in [4.69, 9.17) is 0 Å². The summed E-state index contributed by atoms with van der Waals surface area (Å²) in [6, 6.07) is 11.9. The maximum Gasteiger partial charge on any atom is 0.223 e. The normalized spacial score (nSPS) is 14.1. The van der Waals surface area contributed by atoms with Gasteiger partial charge in [0.05, 0.1) is 17.9 Å². The Hall–Kier alpha value is -2.23. The van der Waals surface area contributed by atoms with Gasteiger partial charge in [0.25, 0.3) is 0 Å². The van der Waals surface area contributed by atoms with Crippen LogP contribution in [0.1, 0.15) is 18.5 Å². The maximum absolute atomic E-state index is 11.6. The molecule has 0 radical (unpaired) electrons. The fraction of sp³-hybridized carbons (Fsp3) is 0.267. The van der Waals surface area contributed by atoms with Crippen LogP contribution in [0, 0.1) is 5.92 Å². The zero-order chi connectivity index (χ0) is 13.1. The molecule has 1 amide bonds. The topological polar surface area (TPSA) is 54.9 Å². The van der Waals surface area contributed by atoms with Crippen molar-refractivity contribution in [1.29, 1.82) is 0 Å². The second-order valence-electron chi connectivity index (χ2n) is 4.75. The van der Waals surface area contributed by atoms with Crippen LogP contribution < -0.4 is 5.32 Å². The van der Waals surface area contributed by atoms with E-state index in [2.05, 4.69) is 15.3 Å². The Balaban J connectivity index is 1.71. The van der Waals surface area contributed by atoms with Gasteiger partial charge >= 0.3 is 0 Å². The van der Waals surface area contributed by atoms with Crippen molar-refractivity contribution >= 4 is 5.91 Å². The Morgan fingerprint density at radius 2 is 2.00 bits per heavy atom. The molecule has 1 aromatic heterocycles. The molecule has 1 aliphatic carbocycles. The first-order valence-corrected chi connectivity index (χ1v) is 6.47. The molecule has 0 unspecified atom stereocenters. The van der Waals surface area contributed by atoms with Gasteiger partial charge in [0.15, 0.2) is 0 Å². The molecule has 1 heterocycles. The van der Waals surface area contributed by atoms with Crippen molar-refractivity contribution in [3.8, 4) is 11.3 Å². The number of benzene rings is 1. The Morgan fingerprint density at radius 3 is 2.74 bits per heavy atom. The number of carbonyl (C=O) groups is 1. The van der Waals surface area contributed by atoms with Crippen molar-refractivity contribution in [3.63, 3.8) is 0 Å². The van der Waals surface area contributed by atoms with Crippen molar-refractivity contribution in [3.05, 3.63) is 48.4 Å². The monoisotopic (exact) mass is 253 g/mol. The molecular formula is C15H15N3O. The van der Waals surface area contributed by atoms with E-state index in [9.17, 15) is 4.79 Å². The van der Waals surface area contributed by atoms with Crippen molar-refractivity contribution in [2.45, 2.75) is 19.4 Å². The van der Waals surface area contributed by atoms with Crippen LogP contribution in [0.2, 0.25) is 0 Å². The van der Waals surface area contributed by atoms with E-state index in [1.54, 1.807) is 6.33 Å². The lowest BCUT2D eigenvalue weighted by Crippen LogP contribution is -2.24. The Kier molecular flexibility index (Phi) is 3.23. The third kappa shape index (κ3) is 2.96. The van der Waals surface area contributed by atoms with Gasteiger partial charge in [-0.2, -0.15) is 0 Å². The van der Waals surface area contributed by atoms with E-state index in [-0.39, 0.29) is 11.8 Å². The minimum atomic E-state index is 0.139. The van der Waals surface area contributed by atoms with E-state index < -0.39 is 0 Å². The molecular weight excluding hydrogens is 238 g/mol. The minimum absolute atomic E-state index is 0.139. The van der Waals surface area contributed by atoms with Crippen LogP contribution in [0.3, 0.4) is 0 Å². The molecule has 0 bridgehead atoms. The average molecular weight is 253 g/mol. The summed E-state index contributed by atoms with van der Waals surface area (Å²) in [5.41, 5.74) is 2.77. The standard InChI is InChI=1S/C15H15N3O/c19-15(12-6-7-12)16-9-13-8-14(18-10-17-13)11-4-2-1-3-5-11/h1-5,8,10,12H,6-7,9H2,(H,16,19). The number of hydrogen-bond donors (Lipinski definition) is 1. The lowest BCUT2D eigenvalue weighted by molar-refractivity contribution is -0.122. The number of hydrogen-bond acceptors (Lipinski definition) is 3. The van der Waals surface area contributed by atoms with Crippen LogP contribution in [0.15, 0.2) is 42.7 Å². The molecule has 0 aliphatic heterocycles. The van der Waals surface area contributed by atoms with E-state index in [1.165, 1.54) is 0 Å². The summed E-state index contributed by atoms with van der Waals surface area (Å²) in [6.45, 7) is 0.470. The summed E-state index contributed by atoms with van der Waals surface area (Å²) in [6.07, 6.45) is 3.58. The van der Waals surface area contributed by atoms with Gasteiger partial charge in [-0.3, -0.25) is 4.79 Å². The number of nitrogens with one attached hydrogen (secondary N) is 1. The summed E-state index contributed by atoms with van der Waals surface area (Å²) in [7, 11) is 0. The van der Waals surface area contributed by atoms with Gasteiger partial charge in [-0.15, -0.1) is 0 Å². The lowest BCUT2D eigenvalue weighted by atomic mass is 10.1. The third-order valence-electron chi connectivity index (χ3n) is 3.19. The summed E-state index contributed by atoms with van der Waals surface area (Å²) >= 11 is 0. The predicted molar refractivity (Wildman–Crippen MR) is 72.0 cm³/mol. The Morgan fingerprint density at radius 1 is 1.21 bits per heavy atom. The first-order valence-electron chi connectivity index (χ1n) is 6.47. The van der Waals surface area contributed by atoms with Gasteiger partial charge in [0.2, 0.25) is 5.91 Å². The summed E-state index contributed by atoms with van der Waals surface area (Å²) < 4.78 is 0. The van der Waals surface area contributed by atoms with Crippen molar-refractivity contribution in [2.24, 2.45) is 5.92 Å². The molecule has 1 fully saturated rings. The molecule has 1 aromatic carbocycles. The summed E-state index contributed by atoms with van der Waals surface area (Å²) in [5.74, 6) is 0.371. The molecule has 96 valence electrons. The number of nitrogens with zero attached hydrogens (tertiary/aromatic N) is 2. The Bertz CT molecular complexity index is 579. The molecule has 19 heavy (non-hydrogen) atoms. The molecule has 4 nitrogen and oxygen atoms in total. The molecule has 1 saturated carbocycles. The third-order valence-corrected chi connectivity index (χ3v) is 3.19. The number of carbonyl (C=O) groups excluding carboxylic acids is 1. The largest absolute Gasteiger partial charge is 0.350 e. The van der Waals surface area contributed by atoms with E-state index in [1.807, 2.05) is 36.4 Å². The van der Waals surface area contributed by atoms with Gasteiger partial charge in [0.1, 0.15) is 6.33 Å². The fourth-order valence-electron chi connectivity index (χ4n) is 1.93. The number of aromatic nitrogens is 2. The van der Waals surface area contributed by atoms with Gasteiger partial charge < -0.3 is 5.32 Å². The average Bonchev–Trinajstić information content (AvgIpc) is 3.31. The number of rotatable bonds is 4. The molecule has 3 rings (SSSR count). The zero-order valence-electron chi connectivity index (χ0n) is 10.5. The molecule has 0 atom stereocenters. The first kappa shape index (κ1) is 11.8. The Labute approximate surface area is 111 Å². The van der Waals surface area contributed by atoms with Crippen molar-refractivity contribution in [1.82, 2.24) is 15.3 Å². The van der Waals surface area contributed by atoms with Crippen LogP contribution in [-0.2, 0) is 11.3 Å². The molecule has 2 aromatic rings. The predicted octanol–water partition coefficient (Wildman–Crippen LogP) is 2.17. The highest BCUT2D eigenvalue weighted by Gasteiger charge is 2.29. The van der Waals surface area contributed by atoms with Gasteiger partial charge in [0, 0.05) is 11.5 Å². The van der Waals surface area contributed by atoms with E-state index >= 15 is 0 Å². The van der Waals surface area contributed by atoms with Gasteiger partial charge in [-0.1, -0.05) is 30.3 Å². The van der Waals surface area contributed by atoms with Gasteiger partial charge in [-0.05, 0) is 18.9 Å². The molecule has 0 spiro atoms. The second-order valence-corrected chi connectivity index (χ2v) is 4.75. The van der Waals surface area contributed by atoms with Gasteiger partial charge in [-0.25, -0.2) is 9.97 Å². The molecule has 0 saturated heterocycles. The smallest absolute Gasteiger partial charge is 0.223 e. The number of amides is 1. The summed E-state index contributed by atoms with van der Waals surface area (Å²) in [4.78, 5) is 20.0. The van der Waals surface area contributed by atoms with Crippen LogP contribution in [0.4, 0.5) is 0 Å². The molecule has 4 heteroatoms. The first-order chi connectivity index (χ1) is 9.33. The van der Waals surface area contributed by atoms with E-state index in [0.29, 0.717) is 6.54 Å². The fourth-order valence-corrected chi connectivity index (χ4v) is 1.93. The quantitative estimate of drug-likeness (QED) is 0.908. The second kappa shape index (κ2) is 5.18. The van der Waals surface area contributed by atoms with Crippen LogP contribution in [0.25, 0.3) is 11.3 Å². The van der Waals surface area contributed by atoms with Crippen molar-refractivity contribution in [2.75, 3.05) is 0 Å². The van der Waals surface area contributed by atoms with Crippen molar-refractivity contribution < 1.29 is 4.79 Å². The highest BCUT2D eigenvalue weighted by Crippen LogP contribution is 2.28. The molecule has 1 aliphatic rings. The minimum Gasteiger partial charge on any atom is -0.350 e. The van der Waals surface area contributed by atoms with Crippen LogP contribution >= 0.6 is 0 Å².